The molecule has 80 valence electrons. The van der Waals surface area contributed by atoms with Crippen molar-refractivity contribution >= 4 is 0 Å². The van der Waals surface area contributed by atoms with E-state index in [0.29, 0.717) is 19.8 Å². The second-order valence-electron chi connectivity index (χ2n) is 2.92. The Labute approximate surface area is 85.6 Å². The molecule has 14 heavy (non-hydrogen) atoms. The molecule has 0 bridgehead atoms. The number of hydrogen-bond donors (Lipinski definition) is 0. The Bertz CT molecular complexity index is 187. The molecule has 0 aromatic carbocycles. The van der Waals surface area contributed by atoms with Gasteiger partial charge in [0.05, 0.1) is 13.2 Å². The van der Waals surface area contributed by atoms with Gasteiger partial charge in [0.2, 0.25) is 0 Å². The van der Waals surface area contributed by atoms with Gasteiger partial charge in [-0.05, 0) is 6.92 Å². The summed E-state index contributed by atoms with van der Waals surface area (Å²) in [6.45, 7) is 14.0. The average Bonchev–Trinajstić information content (AvgIpc) is 2.15. The molecule has 0 rings (SSSR count). The van der Waals surface area contributed by atoms with Crippen LogP contribution in [0, 0.1) is 0 Å². The van der Waals surface area contributed by atoms with Gasteiger partial charge in [0.15, 0.2) is 0 Å². The van der Waals surface area contributed by atoms with E-state index >= 15 is 0 Å². The van der Waals surface area contributed by atoms with E-state index in [-0.39, 0.29) is 6.10 Å². The second-order valence-corrected chi connectivity index (χ2v) is 2.92. The van der Waals surface area contributed by atoms with Gasteiger partial charge in [-0.2, -0.15) is 0 Å². The lowest BCUT2D eigenvalue weighted by Crippen LogP contribution is -2.18. The first-order valence-electron chi connectivity index (χ1n) is 4.44. The van der Waals surface area contributed by atoms with Gasteiger partial charge in [-0.25, -0.2) is 9.78 Å². The van der Waals surface area contributed by atoms with E-state index in [9.17, 15) is 0 Å². The van der Waals surface area contributed by atoms with Crippen molar-refractivity contribution in [2.45, 2.75) is 13.0 Å². The maximum atomic E-state index is 5.18. The Balaban J connectivity index is 3.52. The number of rotatable bonds is 9. The quantitative estimate of drug-likeness (QED) is 0.246. The molecule has 3 heteroatoms. The van der Waals surface area contributed by atoms with E-state index in [4.69, 9.17) is 14.5 Å². The van der Waals surface area contributed by atoms with Crippen molar-refractivity contribution in [2.24, 2.45) is 0 Å². The van der Waals surface area contributed by atoms with E-state index in [2.05, 4.69) is 19.7 Å². The summed E-state index contributed by atoms with van der Waals surface area (Å²) >= 11 is 0. The highest BCUT2D eigenvalue weighted by molar-refractivity contribution is 4.87. The third kappa shape index (κ3) is 7.73. The van der Waals surface area contributed by atoms with Crippen molar-refractivity contribution in [3.05, 3.63) is 37.5 Å². The van der Waals surface area contributed by atoms with Crippen LogP contribution in [-0.2, 0) is 14.5 Å². The summed E-state index contributed by atoms with van der Waals surface area (Å²) in [4.78, 5) is 9.91. The van der Waals surface area contributed by atoms with Crippen LogP contribution in [0.25, 0.3) is 0 Å². The van der Waals surface area contributed by atoms with Crippen molar-refractivity contribution in [3.63, 3.8) is 0 Å². The van der Waals surface area contributed by atoms with Gasteiger partial charge in [0, 0.05) is 0 Å². The second kappa shape index (κ2) is 8.69. The summed E-state index contributed by atoms with van der Waals surface area (Å²) in [5.41, 5.74) is 0.903. The molecule has 0 radical (unpaired) electrons. The zero-order valence-corrected chi connectivity index (χ0v) is 8.70. The fraction of sp³-hybridized carbons (Fsp3) is 0.455. The molecule has 0 N–H and O–H groups in total. The molecule has 0 aromatic rings. The maximum Gasteiger partial charge on any atom is 0.134 e. The first-order valence-corrected chi connectivity index (χ1v) is 4.44. The Hall–Kier alpha value is -0.900. The average molecular weight is 198 g/mol. The van der Waals surface area contributed by atoms with E-state index < -0.39 is 0 Å². The van der Waals surface area contributed by atoms with Crippen LogP contribution < -0.4 is 0 Å². The minimum Gasteiger partial charge on any atom is -0.374 e. The molecule has 1 atom stereocenters. The zero-order chi connectivity index (χ0) is 10.8. The van der Waals surface area contributed by atoms with Gasteiger partial charge in [0.25, 0.3) is 0 Å². The molecule has 0 aliphatic rings. The molecule has 0 spiro atoms. The Morgan fingerprint density at radius 1 is 1.43 bits per heavy atom. The van der Waals surface area contributed by atoms with Crippen molar-refractivity contribution in [1.29, 1.82) is 0 Å². The van der Waals surface area contributed by atoms with E-state index in [1.54, 1.807) is 12.2 Å². The number of ether oxygens (including phenoxy) is 1. The van der Waals surface area contributed by atoms with Crippen molar-refractivity contribution in [1.82, 2.24) is 0 Å². The molecule has 0 fully saturated rings. The molecule has 0 aromatic heterocycles. The van der Waals surface area contributed by atoms with Gasteiger partial charge in [-0.1, -0.05) is 24.3 Å². The van der Waals surface area contributed by atoms with Crippen molar-refractivity contribution < 1.29 is 14.5 Å². The topological polar surface area (TPSA) is 27.7 Å². The minimum atomic E-state index is -0.255. The standard InChI is InChI=1S/C11H18O3/c1-5-7-12-9-11(6-2)14-13-8-10(3)4/h5-6,11H,1-3,7-9H2,4H3. The van der Waals surface area contributed by atoms with Gasteiger partial charge >= 0.3 is 0 Å². The van der Waals surface area contributed by atoms with Crippen LogP contribution in [0.4, 0.5) is 0 Å². The molecule has 0 aliphatic carbocycles. The predicted molar refractivity (Wildman–Crippen MR) is 56.9 cm³/mol. The van der Waals surface area contributed by atoms with E-state index in [0.717, 1.165) is 5.57 Å². The molecule has 0 heterocycles. The van der Waals surface area contributed by atoms with Crippen LogP contribution in [0.3, 0.4) is 0 Å². The van der Waals surface area contributed by atoms with Gasteiger partial charge < -0.3 is 4.74 Å². The Morgan fingerprint density at radius 2 is 2.14 bits per heavy atom. The maximum absolute atomic E-state index is 5.18. The van der Waals surface area contributed by atoms with Gasteiger partial charge in [0.1, 0.15) is 12.7 Å². The normalized spacial score (nSPS) is 12.1. The van der Waals surface area contributed by atoms with Crippen LogP contribution in [0.15, 0.2) is 37.5 Å². The molecular weight excluding hydrogens is 180 g/mol. The predicted octanol–water partition coefficient (Wildman–Crippen LogP) is 2.27. The molecule has 0 amide bonds. The van der Waals surface area contributed by atoms with Crippen LogP contribution in [-0.4, -0.2) is 25.9 Å². The lowest BCUT2D eigenvalue weighted by molar-refractivity contribution is -0.313. The lowest BCUT2D eigenvalue weighted by atomic mass is 10.4. The highest BCUT2D eigenvalue weighted by atomic mass is 17.2. The van der Waals surface area contributed by atoms with Crippen LogP contribution in [0.2, 0.25) is 0 Å². The third-order valence-corrected chi connectivity index (χ3v) is 1.28. The molecule has 3 nitrogen and oxygen atoms in total. The lowest BCUT2D eigenvalue weighted by Gasteiger charge is -2.12. The van der Waals surface area contributed by atoms with Gasteiger partial charge in [-0.3, -0.25) is 0 Å². The first-order chi connectivity index (χ1) is 6.70. The summed E-state index contributed by atoms with van der Waals surface area (Å²) in [7, 11) is 0. The SMILES string of the molecule is C=CCOCC(C=C)OOCC(=C)C. The first kappa shape index (κ1) is 13.1. The third-order valence-electron chi connectivity index (χ3n) is 1.28. The monoisotopic (exact) mass is 198 g/mol. The van der Waals surface area contributed by atoms with E-state index in [1.165, 1.54) is 0 Å². The minimum absolute atomic E-state index is 0.255. The summed E-state index contributed by atoms with van der Waals surface area (Å²) in [5.74, 6) is 0. The molecular formula is C11H18O3. The van der Waals surface area contributed by atoms with Gasteiger partial charge in [-0.15, -0.1) is 13.2 Å². The molecule has 0 saturated heterocycles. The number of hydrogen-bond acceptors (Lipinski definition) is 3. The van der Waals surface area contributed by atoms with Crippen LogP contribution >= 0.6 is 0 Å². The largest absolute Gasteiger partial charge is 0.374 e. The smallest absolute Gasteiger partial charge is 0.134 e. The van der Waals surface area contributed by atoms with Crippen molar-refractivity contribution in [2.75, 3.05) is 19.8 Å². The highest BCUT2D eigenvalue weighted by Gasteiger charge is 2.04. The molecule has 0 saturated carbocycles. The fourth-order valence-electron chi connectivity index (χ4n) is 0.625. The summed E-state index contributed by atoms with van der Waals surface area (Å²) in [6.07, 6.45) is 3.05. The summed E-state index contributed by atoms with van der Waals surface area (Å²) in [5, 5.41) is 0. The van der Waals surface area contributed by atoms with Crippen LogP contribution in [0.5, 0.6) is 0 Å². The van der Waals surface area contributed by atoms with Crippen molar-refractivity contribution in [3.8, 4) is 0 Å². The Morgan fingerprint density at radius 3 is 2.64 bits per heavy atom. The fourth-order valence-corrected chi connectivity index (χ4v) is 0.625. The zero-order valence-electron chi connectivity index (χ0n) is 8.70. The molecule has 1 unspecified atom stereocenters. The Kier molecular flexibility index (Phi) is 8.13. The summed E-state index contributed by atoms with van der Waals surface area (Å²) < 4.78 is 5.18. The summed E-state index contributed by atoms with van der Waals surface area (Å²) in [6, 6.07) is 0. The molecule has 0 aliphatic heterocycles. The van der Waals surface area contributed by atoms with E-state index in [1.807, 2.05) is 6.92 Å². The highest BCUT2D eigenvalue weighted by Crippen LogP contribution is 1.98. The van der Waals surface area contributed by atoms with Crippen LogP contribution in [0.1, 0.15) is 6.92 Å².